The SMILES string of the molecule is Cc1nc(N)nc(NCCCc2cn[nH]c2C)n1. The third-order valence-electron chi connectivity index (χ3n) is 2.60. The first-order chi connectivity index (χ1) is 8.65. The van der Waals surface area contributed by atoms with Crippen molar-refractivity contribution in [1.82, 2.24) is 25.1 Å². The van der Waals surface area contributed by atoms with E-state index in [1.807, 2.05) is 13.1 Å². The number of aryl methyl sites for hydroxylation is 3. The fourth-order valence-corrected chi connectivity index (χ4v) is 1.69. The molecule has 0 atom stereocenters. The molecule has 7 nitrogen and oxygen atoms in total. The Morgan fingerprint density at radius 2 is 2.11 bits per heavy atom. The van der Waals surface area contributed by atoms with Crippen LogP contribution in [0.2, 0.25) is 0 Å². The molecule has 4 N–H and O–H groups in total. The van der Waals surface area contributed by atoms with Crippen molar-refractivity contribution in [3.05, 3.63) is 23.3 Å². The van der Waals surface area contributed by atoms with E-state index in [4.69, 9.17) is 5.73 Å². The summed E-state index contributed by atoms with van der Waals surface area (Å²) >= 11 is 0. The summed E-state index contributed by atoms with van der Waals surface area (Å²) in [5.74, 6) is 1.40. The molecule has 0 radical (unpaired) electrons. The van der Waals surface area contributed by atoms with E-state index in [2.05, 4.69) is 30.5 Å². The maximum atomic E-state index is 5.55. The molecule has 0 amide bonds. The highest BCUT2D eigenvalue weighted by molar-refractivity contribution is 5.30. The molecule has 0 spiro atoms. The van der Waals surface area contributed by atoms with E-state index in [1.54, 1.807) is 6.92 Å². The van der Waals surface area contributed by atoms with E-state index in [9.17, 15) is 0 Å². The van der Waals surface area contributed by atoms with Crippen molar-refractivity contribution in [3.8, 4) is 0 Å². The zero-order valence-corrected chi connectivity index (χ0v) is 10.6. The maximum absolute atomic E-state index is 5.55. The lowest BCUT2D eigenvalue weighted by atomic mass is 10.1. The lowest BCUT2D eigenvalue weighted by molar-refractivity contribution is 0.842. The number of H-pyrrole nitrogens is 1. The zero-order chi connectivity index (χ0) is 13.0. The highest BCUT2D eigenvalue weighted by Crippen LogP contribution is 2.06. The van der Waals surface area contributed by atoms with Gasteiger partial charge in [0.05, 0.1) is 6.20 Å². The summed E-state index contributed by atoms with van der Waals surface area (Å²) < 4.78 is 0. The van der Waals surface area contributed by atoms with E-state index < -0.39 is 0 Å². The van der Waals surface area contributed by atoms with Gasteiger partial charge in [0.15, 0.2) is 0 Å². The molecular formula is C11H17N7. The standard InChI is InChI=1S/C11H17N7/c1-7-9(6-14-18-7)4-3-5-13-11-16-8(2)15-10(12)17-11/h6H,3-5H2,1-2H3,(H,14,18)(H3,12,13,15,16,17). The average molecular weight is 247 g/mol. The minimum Gasteiger partial charge on any atom is -0.368 e. The van der Waals surface area contributed by atoms with Gasteiger partial charge in [-0.3, -0.25) is 5.10 Å². The Labute approximate surface area is 105 Å². The van der Waals surface area contributed by atoms with Gasteiger partial charge < -0.3 is 11.1 Å². The van der Waals surface area contributed by atoms with Gasteiger partial charge in [0.2, 0.25) is 11.9 Å². The second-order valence-corrected chi connectivity index (χ2v) is 4.12. The zero-order valence-electron chi connectivity index (χ0n) is 10.6. The molecular weight excluding hydrogens is 230 g/mol. The molecule has 0 aliphatic carbocycles. The molecule has 2 heterocycles. The molecule has 18 heavy (non-hydrogen) atoms. The van der Waals surface area contributed by atoms with Crippen LogP contribution in [0.1, 0.15) is 23.5 Å². The summed E-state index contributed by atoms with van der Waals surface area (Å²) in [5.41, 5.74) is 7.91. The molecule has 2 aromatic heterocycles. The summed E-state index contributed by atoms with van der Waals surface area (Å²) in [6, 6.07) is 0. The van der Waals surface area contributed by atoms with E-state index in [-0.39, 0.29) is 5.95 Å². The second-order valence-electron chi connectivity index (χ2n) is 4.12. The Hall–Kier alpha value is -2.18. The van der Waals surface area contributed by atoms with Crippen molar-refractivity contribution in [2.75, 3.05) is 17.6 Å². The topological polar surface area (TPSA) is 105 Å². The molecule has 0 saturated carbocycles. The van der Waals surface area contributed by atoms with Crippen LogP contribution in [0.3, 0.4) is 0 Å². The first kappa shape index (κ1) is 12.3. The Kier molecular flexibility index (Phi) is 3.71. The number of rotatable bonds is 5. The van der Waals surface area contributed by atoms with Gasteiger partial charge in [-0.15, -0.1) is 0 Å². The van der Waals surface area contributed by atoms with E-state index in [0.717, 1.165) is 25.1 Å². The van der Waals surface area contributed by atoms with Crippen LogP contribution in [0.4, 0.5) is 11.9 Å². The number of hydrogen-bond donors (Lipinski definition) is 3. The Bertz CT molecular complexity index is 500. The predicted molar refractivity (Wildman–Crippen MR) is 69.1 cm³/mol. The van der Waals surface area contributed by atoms with Crippen molar-refractivity contribution in [3.63, 3.8) is 0 Å². The summed E-state index contributed by atoms with van der Waals surface area (Å²) in [4.78, 5) is 12.1. The predicted octanol–water partition coefficient (Wildman–Crippen LogP) is 0.838. The van der Waals surface area contributed by atoms with Crippen LogP contribution in [0.25, 0.3) is 0 Å². The van der Waals surface area contributed by atoms with Crippen molar-refractivity contribution in [2.45, 2.75) is 26.7 Å². The Balaban J connectivity index is 1.80. The summed E-state index contributed by atoms with van der Waals surface area (Å²) in [5, 5.41) is 10.0. The van der Waals surface area contributed by atoms with Crippen LogP contribution in [0, 0.1) is 13.8 Å². The number of nitrogens with one attached hydrogen (secondary N) is 2. The summed E-state index contributed by atoms with van der Waals surface area (Å²) in [7, 11) is 0. The van der Waals surface area contributed by atoms with Gasteiger partial charge in [0.25, 0.3) is 0 Å². The highest BCUT2D eigenvalue weighted by atomic mass is 15.2. The largest absolute Gasteiger partial charge is 0.368 e. The van der Waals surface area contributed by atoms with Crippen LogP contribution in [-0.2, 0) is 6.42 Å². The molecule has 2 aromatic rings. The quantitative estimate of drug-likeness (QED) is 0.676. The van der Waals surface area contributed by atoms with E-state index in [0.29, 0.717) is 11.8 Å². The van der Waals surface area contributed by atoms with Gasteiger partial charge in [-0.05, 0) is 32.3 Å². The number of hydrogen-bond acceptors (Lipinski definition) is 6. The van der Waals surface area contributed by atoms with Crippen LogP contribution in [-0.4, -0.2) is 31.7 Å². The lowest BCUT2D eigenvalue weighted by Gasteiger charge is -2.05. The van der Waals surface area contributed by atoms with Gasteiger partial charge in [-0.25, -0.2) is 0 Å². The number of aromatic amines is 1. The van der Waals surface area contributed by atoms with E-state index in [1.165, 1.54) is 5.56 Å². The van der Waals surface area contributed by atoms with Crippen molar-refractivity contribution in [1.29, 1.82) is 0 Å². The van der Waals surface area contributed by atoms with Gasteiger partial charge in [-0.1, -0.05) is 0 Å². The summed E-state index contributed by atoms with van der Waals surface area (Å²) in [6.07, 6.45) is 3.81. The average Bonchev–Trinajstić information content (AvgIpc) is 2.69. The number of aromatic nitrogens is 5. The molecule has 96 valence electrons. The highest BCUT2D eigenvalue weighted by Gasteiger charge is 2.02. The molecule has 7 heteroatoms. The Morgan fingerprint density at radius 3 is 2.78 bits per heavy atom. The molecule has 0 unspecified atom stereocenters. The van der Waals surface area contributed by atoms with Gasteiger partial charge in [0, 0.05) is 12.2 Å². The van der Waals surface area contributed by atoms with Crippen molar-refractivity contribution in [2.24, 2.45) is 0 Å². The second kappa shape index (κ2) is 5.44. The van der Waals surface area contributed by atoms with Crippen LogP contribution in [0.15, 0.2) is 6.20 Å². The minimum atomic E-state index is 0.246. The van der Waals surface area contributed by atoms with E-state index >= 15 is 0 Å². The summed E-state index contributed by atoms with van der Waals surface area (Å²) in [6.45, 7) is 4.59. The molecule has 0 saturated heterocycles. The van der Waals surface area contributed by atoms with Gasteiger partial charge >= 0.3 is 0 Å². The molecule has 0 aromatic carbocycles. The van der Waals surface area contributed by atoms with Gasteiger partial charge in [-0.2, -0.15) is 20.1 Å². The normalized spacial score (nSPS) is 10.6. The molecule has 0 bridgehead atoms. The minimum absolute atomic E-state index is 0.246. The third-order valence-corrected chi connectivity index (χ3v) is 2.60. The fourth-order valence-electron chi connectivity index (χ4n) is 1.69. The fraction of sp³-hybridized carbons (Fsp3) is 0.455. The number of nitrogens with two attached hydrogens (primary N) is 1. The third kappa shape index (κ3) is 3.16. The first-order valence-corrected chi connectivity index (χ1v) is 5.86. The molecule has 2 rings (SSSR count). The number of nitrogen functional groups attached to an aromatic ring is 1. The number of anilines is 2. The van der Waals surface area contributed by atoms with Crippen molar-refractivity contribution < 1.29 is 0 Å². The molecule has 0 aliphatic heterocycles. The van der Waals surface area contributed by atoms with Crippen LogP contribution < -0.4 is 11.1 Å². The van der Waals surface area contributed by atoms with Crippen LogP contribution >= 0.6 is 0 Å². The first-order valence-electron chi connectivity index (χ1n) is 5.86. The van der Waals surface area contributed by atoms with Crippen LogP contribution in [0.5, 0.6) is 0 Å². The molecule has 0 fully saturated rings. The maximum Gasteiger partial charge on any atom is 0.227 e. The van der Waals surface area contributed by atoms with Crippen molar-refractivity contribution >= 4 is 11.9 Å². The Morgan fingerprint density at radius 1 is 1.28 bits per heavy atom. The molecule has 0 aliphatic rings. The monoisotopic (exact) mass is 247 g/mol. The smallest absolute Gasteiger partial charge is 0.227 e. The lowest BCUT2D eigenvalue weighted by Crippen LogP contribution is -2.10. The van der Waals surface area contributed by atoms with Gasteiger partial charge in [0.1, 0.15) is 5.82 Å². The number of nitrogens with zero attached hydrogens (tertiary/aromatic N) is 4.